The number of nitrogens with zero attached hydrogens (tertiary/aromatic N) is 1. The van der Waals surface area contributed by atoms with Crippen molar-refractivity contribution in [2.45, 2.75) is 25.4 Å². The Morgan fingerprint density at radius 3 is 2.78 bits per heavy atom. The molecular formula is C20H19N3O4. The van der Waals surface area contributed by atoms with Crippen molar-refractivity contribution >= 4 is 29.1 Å². The standard InChI is InChI=1S/C20H19N3O4/c24-17-12-27-19-14(21-17)7-4-8-15(19)22-20(26)16-9-10-18(25)23(16)11-13-5-2-1-3-6-13/h1-8,16H,9-12H2,(H,21,24)(H,22,26). The van der Waals surface area contributed by atoms with E-state index >= 15 is 0 Å². The number of amides is 3. The second-order valence-corrected chi connectivity index (χ2v) is 6.57. The third-order valence-corrected chi connectivity index (χ3v) is 4.72. The van der Waals surface area contributed by atoms with E-state index in [1.165, 1.54) is 0 Å². The summed E-state index contributed by atoms with van der Waals surface area (Å²) in [5, 5.41) is 5.57. The van der Waals surface area contributed by atoms with Gasteiger partial charge >= 0.3 is 0 Å². The molecular weight excluding hydrogens is 346 g/mol. The van der Waals surface area contributed by atoms with Gasteiger partial charge in [-0.1, -0.05) is 36.4 Å². The van der Waals surface area contributed by atoms with Crippen molar-refractivity contribution in [3.05, 3.63) is 54.1 Å². The summed E-state index contributed by atoms with van der Waals surface area (Å²) in [5.41, 5.74) is 1.98. The molecule has 0 bridgehead atoms. The molecule has 2 heterocycles. The maximum Gasteiger partial charge on any atom is 0.262 e. The van der Waals surface area contributed by atoms with Crippen LogP contribution in [-0.2, 0) is 20.9 Å². The van der Waals surface area contributed by atoms with Crippen LogP contribution in [-0.4, -0.2) is 35.3 Å². The monoisotopic (exact) mass is 365 g/mol. The number of carbonyl (C=O) groups is 3. The number of hydrogen-bond acceptors (Lipinski definition) is 4. The van der Waals surface area contributed by atoms with Gasteiger partial charge in [-0.3, -0.25) is 14.4 Å². The number of nitrogens with one attached hydrogen (secondary N) is 2. The van der Waals surface area contributed by atoms with E-state index in [9.17, 15) is 14.4 Å². The molecule has 0 spiro atoms. The summed E-state index contributed by atoms with van der Waals surface area (Å²) in [6, 6.07) is 14.2. The van der Waals surface area contributed by atoms with Crippen molar-refractivity contribution in [2.75, 3.05) is 17.2 Å². The average molecular weight is 365 g/mol. The van der Waals surface area contributed by atoms with Crippen LogP contribution >= 0.6 is 0 Å². The molecule has 0 saturated carbocycles. The van der Waals surface area contributed by atoms with Crippen LogP contribution in [0.5, 0.6) is 5.75 Å². The molecule has 7 heteroatoms. The third-order valence-electron chi connectivity index (χ3n) is 4.72. The Morgan fingerprint density at radius 2 is 1.96 bits per heavy atom. The smallest absolute Gasteiger partial charge is 0.262 e. The number of para-hydroxylation sites is 1. The number of fused-ring (bicyclic) bond motifs is 1. The third kappa shape index (κ3) is 3.48. The molecule has 2 aliphatic rings. The van der Waals surface area contributed by atoms with Gasteiger partial charge in [0, 0.05) is 13.0 Å². The minimum atomic E-state index is -0.535. The molecule has 2 aliphatic heterocycles. The van der Waals surface area contributed by atoms with Crippen LogP contribution in [0, 0.1) is 0 Å². The van der Waals surface area contributed by atoms with Gasteiger partial charge < -0.3 is 20.3 Å². The van der Waals surface area contributed by atoms with Crippen LogP contribution in [0.2, 0.25) is 0 Å². The largest absolute Gasteiger partial charge is 0.479 e. The number of hydrogen-bond donors (Lipinski definition) is 2. The molecule has 27 heavy (non-hydrogen) atoms. The van der Waals surface area contributed by atoms with Gasteiger partial charge in [0.2, 0.25) is 11.8 Å². The zero-order valence-electron chi connectivity index (χ0n) is 14.6. The lowest BCUT2D eigenvalue weighted by atomic mass is 10.1. The molecule has 138 valence electrons. The Morgan fingerprint density at radius 1 is 1.15 bits per heavy atom. The normalized spacial score (nSPS) is 18.5. The van der Waals surface area contributed by atoms with E-state index in [-0.39, 0.29) is 24.3 Å². The number of benzene rings is 2. The molecule has 3 amide bonds. The van der Waals surface area contributed by atoms with Gasteiger partial charge in [0.1, 0.15) is 6.04 Å². The van der Waals surface area contributed by atoms with Crippen LogP contribution in [0.4, 0.5) is 11.4 Å². The predicted molar refractivity (Wildman–Crippen MR) is 99.2 cm³/mol. The van der Waals surface area contributed by atoms with E-state index in [2.05, 4.69) is 10.6 Å². The molecule has 7 nitrogen and oxygen atoms in total. The molecule has 2 aromatic carbocycles. The fourth-order valence-electron chi connectivity index (χ4n) is 3.41. The van der Waals surface area contributed by atoms with E-state index in [4.69, 9.17) is 4.74 Å². The van der Waals surface area contributed by atoms with Crippen molar-refractivity contribution in [2.24, 2.45) is 0 Å². The van der Waals surface area contributed by atoms with Gasteiger partial charge in [0.25, 0.3) is 5.91 Å². The number of likely N-dealkylation sites (tertiary alicyclic amines) is 1. The van der Waals surface area contributed by atoms with Gasteiger partial charge in [-0.15, -0.1) is 0 Å². The minimum absolute atomic E-state index is 0.0300. The van der Waals surface area contributed by atoms with Crippen molar-refractivity contribution in [1.29, 1.82) is 0 Å². The Labute approximate surface area is 156 Å². The molecule has 4 rings (SSSR count). The quantitative estimate of drug-likeness (QED) is 0.869. The lowest BCUT2D eigenvalue weighted by Crippen LogP contribution is -2.41. The number of ether oxygens (including phenoxy) is 1. The van der Waals surface area contributed by atoms with Crippen molar-refractivity contribution < 1.29 is 19.1 Å². The van der Waals surface area contributed by atoms with E-state index < -0.39 is 6.04 Å². The second-order valence-electron chi connectivity index (χ2n) is 6.57. The molecule has 0 radical (unpaired) electrons. The van der Waals surface area contributed by atoms with Crippen LogP contribution in [0.1, 0.15) is 18.4 Å². The van der Waals surface area contributed by atoms with E-state index in [1.807, 2.05) is 30.3 Å². The van der Waals surface area contributed by atoms with E-state index in [0.717, 1.165) is 5.56 Å². The van der Waals surface area contributed by atoms with E-state index in [0.29, 0.717) is 36.5 Å². The maximum absolute atomic E-state index is 12.9. The SMILES string of the molecule is O=C1COc2c(cccc2NC(=O)C2CCC(=O)N2Cc2ccccc2)N1. The van der Waals surface area contributed by atoms with E-state index in [1.54, 1.807) is 23.1 Å². The molecule has 1 saturated heterocycles. The second kappa shape index (κ2) is 7.11. The zero-order chi connectivity index (χ0) is 18.8. The molecule has 1 unspecified atom stereocenters. The molecule has 2 N–H and O–H groups in total. The number of carbonyl (C=O) groups excluding carboxylic acids is 3. The van der Waals surface area contributed by atoms with Gasteiger partial charge in [-0.25, -0.2) is 0 Å². The van der Waals surface area contributed by atoms with Gasteiger partial charge in [0.15, 0.2) is 12.4 Å². The Kier molecular flexibility index (Phi) is 4.50. The summed E-state index contributed by atoms with van der Waals surface area (Å²) in [5.74, 6) is -0.0888. The molecule has 1 atom stereocenters. The number of rotatable bonds is 4. The van der Waals surface area contributed by atoms with Crippen molar-refractivity contribution in [3.8, 4) is 5.75 Å². The first-order valence-corrected chi connectivity index (χ1v) is 8.82. The van der Waals surface area contributed by atoms with Crippen LogP contribution in [0.25, 0.3) is 0 Å². The van der Waals surface area contributed by atoms with Gasteiger partial charge in [-0.05, 0) is 24.1 Å². The highest BCUT2D eigenvalue weighted by atomic mass is 16.5. The lowest BCUT2D eigenvalue weighted by molar-refractivity contribution is -0.133. The molecule has 1 fully saturated rings. The van der Waals surface area contributed by atoms with Gasteiger partial charge in [-0.2, -0.15) is 0 Å². The van der Waals surface area contributed by atoms with Crippen LogP contribution in [0.3, 0.4) is 0 Å². The maximum atomic E-state index is 12.9. The van der Waals surface area contributed by atoms with Crippen LogP contribution in [0.15, 0.2) is 48.5 Å². The first kappa shape index (κ1) is 17.1. The Hall–Kier alpha value is -3.35. The lowest BCUT2D eigenvalue weighted by Gasteiger charge is -2.25. The van der Waals surface area contributed by atoms with Gasteiger partial charge in [0.05, 0.1) is 11.4 Å². The Bertz CT molecular complexity index is 897. The fourth-order valence-corrected chi connectivity index (χ4v) is 3.41. The highest BCUT2D eigenvalue weighted by Crippen LogP contribution is 2.36. The van der Waals surface area contributed by atoms with Crippen molar-refractivity contribution in [1.82, 2.24) is 4.90 Å². The zero-order valence-corrected chi connectivity index (χ0v) is 14.6. The topological polar surface area (TPSA) is 87.7 Å². The minimum Gasteiger partial charge on any atom is -0.479 e. The van der Waals surface area contributed by atoms with Crippen LogP contribution < -0.4 is 15.4 Å². The van der Waals surface area contributed by atoms with Crippen molar-refractivity contribution in [3.63, 3.8) is 0 Å². The molecule has 0 aliphatic carbocycles. The summed E-state index contributed by atoms with van der Waals surface area (Å²) in [6.45, 7) is 0.305. The summed E-state index contributed by atoms with van der Waals surface area (Å²) in [7, 11) is 0. The number of anilines is 2. The Balaban J connectivity index is 1.52. The predicted octanol–water partition coefficient (Wildman–Crippen LogP) is 2.15. The summed E-state index contributed by atoms with van der Waals surface area (Å²) < 4.78 is 5.47. The average Bonchev–Trinajstić information content (AvgIpc) is 3.03. The highest BCUT2D eigenvalue weighted by Gasteiger charge is 2.36. The summed E-state index contributed by atoms with van der Waals surface area (Å²) in [4.78, 5) is 38.2. The summed E-state index contributed by atoms with van der Waals surface area (Å²) in [6.07, 6.45) is 0.828. The first-order chi connectivity index (χ1) is 13.1. The molecule has 2 aromatic rings. The fraction of sp³-hybridized carbons (Fsp3) is 0.250. The summed E-state index contributed by atoms with van der Waals surface area (Å²) >= 11 is 0. The highest BCUT2D eigenvalue weighted by molar-refractivity contribution is 6.02. The molecule has 0 aromatic heterocycles. The first-order valence-electron chi connectivity index (χ1n) is 8.82.